The quantitative estimate of drug-likeness (QED) is 0.432. The van der Waals surface area contributed by atoms with Gasteiger partial charge in [0.15, 0.2) is 0 Å². The molecule has 1 unspecified atom stereocenters. The van der Waals surface area contributed by atoms with Crippen molar-refractivity contribution in [1.29, 1.82) is 0 Å². The zero-order valence-corrected chi connectivity index (χ0v) is 19.6. The molecule has 4 aromatic rings. The molecule has 2 aliphatic rings. The van der Waals surface area contributed by atoms with Gasteiger partial charge in [0.2, 0.25) is 17.7 Å². The van der Waals surface area contributed by atoms with Crippen molar-refractivity contribution in [3.8, 4) is 0 Å². The van der Waals surface area contributed by atoms with Gasteiger partial charge in [-0.25, -0.2) is 4.98 Å². The Kier molecular flexibility index (Phi) is 4.96. The Bertz CT molecular complexity index is 1650. The number of piperidine rings is 1. The summed E-state index contributed by atoms with van der Waals surface area (Å²) in [4.78, 5) is 60.1. The van der Waals surface area contributed by atoms with E-state index < -0.39 is 17.4 Å². The van der Waals surface area contributed by atoms with Crippen LogP contribution >= 0.6 is 0 Å². The van der Waals surface area contributed by atoms with Crippen LogP contribution in [0.3, 0.4) is 0 Å². The number of amides is 3. The number of aryl methyl sites for hydroxylation is 1. The third-order valence-corrected chi connectivity index (χ3v) is 7.23. The minimum atomic E-state index is -0.806. The lowest BCUT2D eigenvalue weighted by Crippen LogP contribution is -2.45. The summed E-state index contributed by atoms with van der Waals surface area (Å²) in [5.74, 6) is -0.677. The average Bonchev–Trinajstić information content (AvgIpc) is 3.67. The van der Waals surface area contributed by atoms with Gasteiger partial charge in [-0.05, 0) is 56.0 Å². The number of fused-ring (bicyclic) bond motifs is 2. The van der Waals surface area contributed by atoms with Crippen LogP contribution in [0.15, 0.2) is 59.5 Å². The van der Waals surface area contributed by atoms with Gasteiger partial charge in [0.05, 0.1) is 22.0 Å². The van der Waals surface area contributed by atoms with Crippen LogP contribution in [-0.4, -0.2) is 32.3 Å². The molecule has 0 spiro atoms. The first-order chi connectivity index (χ1) is 17.4. The molecule has 2 N–H and O–H groups in total. The maximum absolute atomic E-state index is 13.6. The fourth-order valence-corrected chi connectivity index (χ4v) is 5.22. The SMILES string of the molecule is Cc1nc2c(NC(=O)C3(c4ccnc5ccccc45)CC3)cccc2c(=O)n1C1CCC(=O)NC1=O. The number of nitrogens with zero attached hydrogens (tertiary/aromatic N) is 3. The highest BCUT2D eigenvalue weighted by molar-refractivity contribution is 6.08. The fourth-order valence-electron chi connectivity index (χ4n) is 5.22. The predicted octanol–water partition coefficient (Wildman–Crippen LogP) is 2.90. The summed E-state index contributed by atoms with van der Waals surface area (Å²) in [5.41, 5.74) is 1.54. The molecule has 0 radical (unpaired) electrons. The number of nitrogens with one attached hydrogen (secondary N) is 2. The molecule has 1 aliphatic heterocycles. The number of carbonyl (C=O) groups is 3. The van der Waals surface area contributed by atoms with Crippen molar-refractivity contribution in [3.63, 3.8) is 0 Å². The van der Waals surface area contributed by atoms with E-state index in [1.807, 2.05) is 30.3 Å². The largest absolute Gasteiger partial charge is 0.323 e. The van der Waals surface area contributed by atoms with E-state index in [1.54, 1.807) is 31.3 Å². The Balaban J connectivity index is 1.38. The molecule has 2 fully saturated rings. The Morgan fingerprint density at radius 2 is 1.83 bits per heavy atom. The number of para-hydroxylation sites is 2. The Morgan fingerprint density at radius 3 is 2.61 bits per heavy atom. The van der Waals surface area contributed by atoms with Crippen LogP contribution in [0.2, 0.25) is 0 Å². The minimum absolute atomic E-state index is 0.153. The molecular formula is C27H23N5O4. The molecule has 6 rings (SSSR count). The number of benzene rings is 2. The highest BCUT2D eigenvalue weighted by Gasteiger charge is 2.52. The summed E-state index contributed by atoms with van der Waals surface area (Å²) < 4.78 is 1.33. The number of hydrogen-bond acceptors (Lipinski definition) is 6. The van der Waals surface area contributed by atoms with E-state index in [1.165, 1.54) is 4.57 Å². The summed E-state index contributed by atoms with van der Waals surface area (Å²) in [7, 11) is 0. The van der Waals surface area contributed by atoms with Crippen molar-refractivity contribution in [2.75, 3.05) is 5.32 Å². The molecule has 3 amide bonds. The molecule has 0 bridgehead atoms. The van der Waals surface area contributed by atoms with E-state index in [4.69, 9.17) is 0 Å². The predicted molar refractivity (Wildman–Crippen MR) is 133 cm³/mol. The van der Waals surface area contributed by atoms with Crippen LogP contribution < -0.4 is 16.2 Å². The molecule has 36 heavy (non-hydrogen) atoms. The third-order valence-electron chi connectivity index (χ3n) is 7.23. The maximum Gasteiger partial charge on any atom is 0.262 e. The molecule has 1 atom stereocenters. The van der Waals surface area contributed by atoms with Gasteiger partial charge >= 0.3 is 0 Å². The summed E-state index contributed by atoms with van der Waals surface area (Å²) in [6, 6.07) is 13.9. The zero-order chi connectivity index (χ0) is 25.0. The van der Waals surface area contributed by atoms with Crippen LogP contribution in [0.4, 0.5) is 5.69 Å². The normalized spacial score (nSPS) is 18.8. The molecule has 2 aromatic carbocycles. The molecule has 1 saturated carbocycles. The van der Waals surface area contributed by atoms with E-state index in [-0.39, 0.29) is 30.2 Å². The van der Waals surface area contributed by atoms with Gasteiger partial charge in [-0.3, -0.25) is 34.0 Å². The number of aromatic nitrogens is 3. The van der Waals surface area contributed by atoms with Crippen molar-refractivity contribution < 1.29 is 14.4 Å². The molecule has 1 saturated heterocycles. The van der Waals surface area contributed by atoms with E-state index in [9.17, 15) is 19.2 Å². The van der Waals surface area contributed by atoms with Gasteiger partial charge in [-0.2, -0.15) is 0 Å². The van der Waals surface area contributed by atoms with Crippen molar-refractivity contribution in [3.05, 3.63) is 76.5 Å². The molecular weight excluding hydrogens is 458 g/mol. The molecule has 9 heteroatoms. The van der Waals surface area contributed by atoms with E-state index >= 15 is 0 Å². The molecule has 9 nitrogen and oxygen atoms in total. The highest BCUT2D eigenvalue weighted by atomic mass is 16.2. The summed E-state index contributed by atoms with van der Waals surface area (Å²) >= 11 is 0. The van der Waals surface area contributed by atoms with Gasteiger partial charge in [-0.1, -0.05) is 24.3 Å². The van der Waals surface area contributed by atoms with Gasteiger partial charge in [0.25, 0.3) is 5.56 Å². The smallest absolute Gasteiger partial charge is 0.262 e. The molecule has 180 valence electrons. The lowest BCUT2D eigenvalue weighted by Gasteiger charge is -2.24. The van der Waals surface area contributed by atoms with Crippen molar-refractivity contribution in [1.82, 2.24) is 19.9 Å². The molecule has 1 aliphatic carbocycles. The van der Waals surface area contributed by atoms with Gasteiger partial charge < -0.3 is 5.32 Å². The second kappa shape index (κ2) is 8.08. The first-order valence-electron chi connectivity index (χ1n) is 11.9. The summed E-state index contributed by atoms with van der Waals surface area (Å²) in [6.45, 7) is 1.65. The van der Waals surface area contributed by atoms with E-state index in [0.29, 0.717) is 35.3 Å². The van der Waals surface area contributed by atoms with Crippen LogP contribution in [0.25, 0.3) is 21.8 Å². The Morgan fingerprint density at radius 1 is 1.06 bits per heavy atom. The molecule has 3 heterocycles. The number of carbonyl (C=O) groups excluding carboxylic acids is 3. The maximum atomic E-state index is 13.6. The zero-order valence-electron chi connectivity index (χ0n) is 19.6. The van der Waals surface area contributed by atoms with Crippen molar-refractivity contribution >= 4 is 45.2 Å². The lowest BCUT2D eigenvalue weighted by molar-refractivity contribution is -0.135. The van der Waals surface area contributed by atoms with Crippen LogP contribution in [0.1, 0.15) is 43.1 Å². The Hall–Kier alpha value is -4.40. The van der Waals surface area contributed by atoms with Crippen molar-refractivity contribution in [2.45, 2.75) is 44.1 Å². The first kappa shape index (κ1) is 22.1. The van der Waals surface area contributed by atoms with Crippen molar-refractivity contribution in [2.24, 2.45) is 0 Å². The first-order valence-corrected chi connectivity index (χ1v) is 11.9. The van der Waals surface area contributed by atoms with E-state index in [0.717, 1.165) is 16.5 Å². The second-order valence-electron chi connectivity index (χ2n) is 9.41. The lowest BCUT2D eigenvalue weighted by atomic mass is 9.91. The summed E-state index contributed by atoms with van der Waals surface area (Å²) in [5, 5.41) is 6.56. The highest BCUT2D eigenvalue weighted by Crippen LogP contribution is 2.51. The minimum Gasteiger partial charge on any atom is -0.323 e. The topological polar surface area (TPSA) is 123 Å². The van der Waals surface area contributed by atoms with Crippen LogP contribution in [0.5, 0.6) is 0 Å². The average molecular weight is 482 g/mol. The third kappa shape index (κ3) is 3.38. The monoisotopic (exact) mass is 481 g/mol. The number of hydrogen-bond donors (Lipinski definition) is 2. The fraction of sp³-hybridized carbons (Fsp3) is 0.259. The standard InChI is InChI=1S/C27H23N5O4/c1-15-29-23-17(25(35)32(15)21-9-10-22(33)31-24(21)34)6-4-8-20(23)30-26(36)27(12-13-27)18-11-14-28-19-7-3-2-5-16(18)19/h2-8,11,14,21H,9-10,12-13H2,1H3,(H,30,36)(H,31,33,34). The summed E-state index contributed by atoms with van der Waals surface area (Å²) in [6.07, 6.45) is 3.55. The Labute approximate surface area is 205 Å². The number of anilines is 1. The van der Waals surface area contributed by atoms with Crippen LogP contribution in [0, 0.1) is 6.92 Å². The number of imide groups is 1. The molecule has 2 aromatic heterocycles. The number of rotatable bonds is 4. The number of pyridine rings is 1. The van der Waals surface area contributed by atoms with Gasteiger partial charge in [0, 0.05) is 18.0 Å². The van der Waals surface area contributed by atoms with E-state index in [2.05, 4.69) is 20.6 Å². The van der Waals surface area contributed by atoms with Gasteiger partial charge in [0.1, 0.15) is 17.4 Å². The second-order valence-corrected chi connectivity index (χ2v) is 9.41. The van der Waals surface area contributed by atoms with Gasteiger partial charge in [-0.15, -0.1) is 0 Å². The van der Waals surface area contributed by atoms with Crippen LogP contribution in [-0.2, 0) is 19.8 Å².